The Morgan fingerprint density at radius 1 is 1.20 bits per heavy atom. The molecule has 1 atom stereocenters. The molecule has 0 amide bonds. The summed E-state index contributed by atoms with van der Waals surface area (Å²) in [6.07, 6.45) is 3.07. The van der Waals surface area contributed by atoms with E-state index in [1.165, 1.54) is 7.11 Å². The number of nitrogens with zero attached hydrogens (tertiary/aromatic N) is 5. The van der Waals surface area contributed by atoms with E-state index in [9.17, 15) is 10.1 Å². The zero-order valence-electron chi connectivity index (χ0n) is 20.6. The molecule has 1 aliphatic rings. The second-order valence-corrected chi connectivity index (χ2v) is 9.32. The first-order valence-corrected chi connectivity index (χ1v) is 11.9. The standard InChI is InChI=1S/C28H29N5O2/c1-18-21(16-19-11-13-20(14-12-19)28(34)35-4)27(32-15-7-10-25(32)31(2)3)33-24-9-6-5-8-23(24)30-26(33)22(18)17-29/h5-6,8-9,11-14,25H,7,10,15-16H2,1-4H3. The second kappa shape index (κ2) is 9.05. The van der Waals surface area contributed by atoms with Gasteiger partial charge in [-0.2, -0.15) is 5.26 Å². The number of imidazole rings is 1. The van der Waals surface area contributed by atoms with Crippen LogP contribution in [0.25, 0.3) is 16.7 Å². The van der Waals surface area contributed by atoms with Crippen LogP contribution in [0.3, 0.4) is 0 Å². The minimum absolute atomic E-state index is 0.257. The van der Waals surface area contributed by atoms with Crippen LogP contribution in [0.1, 0.15) is 45.5 Å². The van der Waals surface area contributed by atoms with E-state index in [1.807, 2.05) is 37.3 Å². The number of nitriles is 1. The molecule has 0 bridgehead atoms. The number of carbonyl (C=O) groups is 1. The van der Waals surface area contributed by atoms with Gasteiger partial charge in [-0.15, -0.1) is 0 Å². The number of rotatable bonds is 5. The maximum atomic E-state index is 11.9. The third-order valence-electron chi connectivity index (χ3n) is 7.05. The molecule has 2 aromatic heterocycles. The summed E-state index contributed by atoms with van der Waals surface area (Å²) in [5.41, 5.74) is 6.83. The van der Waals surface area contributed by atoms with Crippen molar-refractivity contribution in [1.82, 2.24) is 14.3 Å². The number of ether oxygens (including phenoxy) is 1. The van der Waals surface area contributed by atoms with Gasteiger partial charge in [0.05, 0.1) is 35.4 Å². The van der Waals surface area contributed by atoms with Gasteiger partial charge in [0, 0.05) is 18.5 Å². The van der Waals surface area contributed by atoms with Gasteiger partial charge < -0.3 is 9.64 Å². The Labute approximate surface area is 205 Å². The molecule has 1 saturated heterocycles. The lowest BCUT2D eigenvalue weighted by molar-refractivity contribution is 0.0600. The number of esters is 1. The van der Waals surface area contributed by atoms with Crippen LogP contribution in [-0.4, -0.2) is 54.2 Å². The maximum Gasteiger partial charge on any atom is 0.337 e. The number of carbonyl (C=O) groups excluding carboxylic acids is 1. The molecule has 0 aliphatic carbocycles. The lowest BCUT2D eigenvalue weighted by Gasteiger charge is -2.34. The Bertz CT molecular complexity index is 1460. The number of methoxy groups -OCH3 is 1. The zero-order chi connectivity index (χ0) is 24.7. The number of para-hydroxylation sites is 2. The molecule has 4 aromatic rings. The highest BCUT2D eigenvalue weighted by atomic mass is 16.5. The quantitative estimate of drug-likeness (QED) is 0.402. The predicted octanol–water partition coefficient (Wildman–Crippen LogP) is 4.53. The van der Waals surface area contributed by atoms with E-state index in [-0.39, 0.29) is 12.1 Å². The number of hydrogen-bond donors (Lipinski definition) is 0. The SMILES string of the molecule is COC(=O)c1ccc(Cc2c(C)c(C#N)c3nc4ccccc4n3c2N2CCCC2N(C)C)cc1. The van der Waals surface area contributed by atoms with E-state index in [0.29, 0.717) is 23.2 Å². The molecule has 0 saturated carbocycles. The molecular weight excluding hydrogens is 438 g/mol. The smallest absolute Gasteiger partial charge is 0.337 e. The topological polar surface area (TPSA) is 73.9 Å². The van der Waals surface area contributed by atoms with Crippen LogP contribution >= 0.6 is 0 Å². The number of pyridine rings is 1. The average molecular weight is 468 g/mol. The molecule has 0 N–H and O–H groups in total. The molecule has 0 radical (unpaired) electrons. The van der Waals surface area contributed by atoms with Gasteiger partial charge >= 0.3 is 5.97 Å². The lowest BCUT2D eigenvalue weighted by Crippen LogP contribution is -2.42. The van der Waals surface area contributed by atoms with Crippen LogP contribution in [0.15, 0.2) is 48.5 Å². The third kappa shape index (κ3) is 3.80. The molecule has 2 aromatic carbocycles. The summed E-state index contributed by atoms with van der Waals surface area (Å²) >= 11 is 0. The summed E-state index contributed by atoms with van der Waals surface area (Å²) in [5.74, 6) is 0.746. The number of benzene rings is 2. The van der Waals surface area contributed by atoms with Crippen molar-refractivity contribution in [3.63, 3.8) is 0 Å². The Kier molecular flexibility index (Phi) is 5.91. The molecule has 7 heteroatoms. The highest BCUT2D eigenvalue weighted by Crippen LogP contribution is 2.38. The number of hydrogen-bond acceptors (Lipinski definition) is 6. The molecule has 5 rings (SSSR count). The van der Waals surface area contributed by atoms with Crippen molar-refractivity contribution < 1.29 is 9.53 Å². The first-order valence-electron chi connectivity index (χ1n) is 11.9. The van der Waals surface area contributed by atoms with Crippen LogP contribution in [-0.2, 0) is 11.2 Å². The Balaban J connectivity index is 1.77. The van der Waals surface area contributed by atoms with Crippen molar-refractivity contribution in [2.45, 2.75) is 32.4 Å². The molecular formula is C28H29N5O2. The van der Waals surface area contributed by atoms with E-state index >= 15 is 0 Å². The molecule has 178 valence electrons. The minimum Gasteiger partial charge on any atom is -0.465 e. The van der Waals surface area contributed by atoms with Crippen molar-refractivity contribution in [1.29, 1.82) is 5.26 Å². The van der Waals surface area contributed by atoms with Gasteiger partial charge in [-0.25, -0.2) is 9.78 Å². The van der Waals surface area contributed by atoms with E-state index in [2.05, 4.69) is 40.4 Å². The summed E-state index contributed by atoms with van der Waals surface area (Å²) in [6.45, 7) is 2.96. The first kappa shape index (κ1) is 22.9. The predicted molar refractivity (Wildman–Crippen MR) is 137 cm³/mol. The summed E-state index contributed by atoms with van der Waals surface area (Å²) in [4.78, 5) is 21.5. The fraction of sp³-hybridized carbons (Fsp3) is 0.321. The summed E-state index contributed by atoms with van der Waals surface area (Å²) in [5, 5.41) is 10.2. The Morgan fingerprint density at radius 3 is 2.63 bits per heavy atom. The number of anilines is 1. The van der Waals surface area contributed by atoms with Gasteiger partial charge in [0.1, 0.15) is 11.9 Å². The molecule has 35 heavy (non-hydrogen) atoms. The van der Waals surface area contributed by atoms with Crippen molar-refractivity contribution >= 4 is 28.5 Å². The van der Waals surface area contributed by atoms with Gasteiger partial charge in [-0.1, -0.05) is 24.3 Å². The second-order valence-electron chi connectivity index (χ2n) is 9.32. The van der Waals surface area contributed by atoms with Crippen molar-refractivity contribution in [2.75, 3.05) is 32.6 Å². The molecule has 1 unspecified atom stereocenters. The van der Waals surface area contributed by atoms with Crippen molar-refractivity contribution in [3.05, 3.63) is 76.3 Å². The third-order valence-corrected chi connectivity index (χ3v) is 7.05. The molecule has 7 nitrogen and oxygen atoms in total. The van der Waals surface area contributed by atoms with Gasteiger partial charge in [0.15, 0.2) is 5.65 Å². The minimum atomic E-state index is -0.350. The van der Waals surface area contributed by atoms with Gasteiger partial charge in [0.2, 0.25) is 0 Å². The Morgan fingerprint density at radius 2 is 1.94 bits per heavy atom. The number of aromatic nitrogens is 2. The largest absolute Gasteiger partial charge is 0.465 e. The van der Waals surface area contributed by atoms with Crippen LogP contribution in [0.5, 0.6) is 0 Å². The van der Waals surface area contributed by atoms with E-state index in [1.54, 1.807) is 12.1 Å². The van der Waals surface area contributed by atoms with Crippen LogP contribution in [0, 0.1) is 18.3 Å². The molecule has 1 aliphatic heterocycles. The monoisotopic (exact) mass is 467 g/mol. The highest BCUT2D eigenvalue weighted by Gasteiger charge is 2.32. The van der Waals surface area contributed by atoms with Crippen LogP contribution in [0.4, 0.5) is 5.82 Å². The van der Waals surface area contributed by atoms with E-state index in [0.717, 1.165) is 52.9 Å². The Hall–Kier alpha value is -3.89. The summed E-state index contributed by atoms with van der Waals surface area (Å²) < 4.78 is 7.03. The highest BCUT2D eigenvalue weighted by molar-refractivity contribution is 5.89. The summed E-state index contributed by atoms with van der Waals surface area (Å²) in [6, 6.07) is 18.0. The first-order chi connectivity index (χ1) is 16.9. The lowest BCUT2D eigenvalue weighted by atomic mass is 9.96. The van der Waals surface area contributed by atoms with E-state index in [4.69, 9.17) is 9.72 Å². The van der Waals surface area contributed by atoms with Crippen LogP contribution in [0.2, 0.25) is 0 Å². The van der Waals surface area contributed by atoms with Crippen LogP contribution < -0.4 is 4.90 Å². The van der Waals surface area contributed by atoms with Crippen molar-refractivity contribution in [2.24, 2.45) is 0 Å². The molecule has 0 spiro atoms. The number of fused-ring (bicyclic) bond motifs is 3. The molecule has 3 heterocycles. The van der Waals surface area contributed by atoms with Gasteiger partial charge in [-0.05, 0) is 69.3 Å². The van der Waals surface area contributed by atoms with Gasteiger partial charge in [-0.3, -0.25) is 9.30 Å². The maximum absolute atomic E-state index is 11.9. The molecule has 1 fully saturated rings. The van der Waals surface area contributed by atoms with Gasteiger partial charge in [0.25, 0.3) is 0 Å². The normalized spacial score (nSPS) is 15.8. The fourth-order valence-corrected chi connectivity index (χ4v) is 5.29. The van der Waals surface area contributed by atoms with Crippen molar-refractivity contribution in [3.8, 4) is 6.07 Å². The average Bonchev–Trinajstić information content (AvgIpc) is 3.50. The van der Waals surface area contributed by atoms with E-state index < -0.39 is 0 Å². The zero-order valence-corrected chi connectivity index (χ0v) is 20.6. The summed E-state index contributed by atoms with van der Waals surface area (Å²) in [7, 11) is 5.62. The fourth-order valence-electron chi connectivity index (χ4n) is 5.29.